The van der Waals surface area contributed by atoms with Crippen LogP contribution in [0.1, 0.15) is 118 Å². The van der Waals surface area contributed by atoms with Crippen LogP contribution in [0.5, 0.6) is 0 Å². The van der Waals surface area contributed by atoms with Gasteiger partial charge in [-0.1, -0.05) is 453 Å². The van der Waals surface area contributed by atoms with Crippen LogP contribution in [0.3, 0.4) is 0 Å². The van der Waals surface area contributed by atoms with Gasteiger partial charge in [0.2, 0.25) is 0 Å². The highest BCUT2D eigenvalue weighted by Crippen LogP contribution is 2.54. The van der Waals surface area contributed by atoms with Crippen LogP contribution >= 0.6 is 0 Å². The van der Waals surface area contributed by atoms with Gasteiger partial charge in [0.1, 0.15) is 33.5 Å². The van der Waals surface area contributed by atoms with Crippen LogP contribution in [-0.2, 0) is 0 Å². The fourth-order valence-corrected chi connectivity index (χ4v) is 18.2. The molecule has 0 fully saturated rings. The summed E-state index contributed by atoms with van der Waals surface area (Å²) < 4.78 is 797. The van der Waals surface area contributed by atoms with E-state index in [1.807, 2.05) is 0 Å². The van der Waals surface area contributed by atoms with Crippen LogP contribution in [0, 0.1) is 0 Å². The van der Waals surface area contributed by atoms with E-state index >= 15 is 0 Å². The number of fused-ring (bicyclic) bond motifs is 26. The maximum atomic E-state index is 10.1. The molecule has 0 spiro atoms. The molecule has 0 N–H and O–H groups in total. The Morgan fingerprint density at radius 3 is 0.759 bits per heavy atom. The topological polar surface area (TPSA) is 39.4 Å². The quantitative estimate of drug-likeness (QED) is 0.107. The molecule has 3 nitrogen and oxygen atoms in total. The summed E-state index contributed by atoms with van der Waals surface area (Å²) in [6.07, 6.45) is 0. The SMILES string of the molecule is [2H]c1c([2H])c(-c2c([2H])c([2H])c([2H])c3c([2H])c([2H])c([2H])c([2H])c23)c([2H])c(-c2c3c([2H])c([2H])c([2H])c([2H])c3c(-c3c([2H])c([2H])c([2H])c4oc5c6c([2H])c([2H])c([2H])c([2H])c6c([2H])c([2H])c5c34)c3c([2H])c([2H])c([2H])c([2H])c23)c1[2H].[2H]c1c([2H])c(-c2c([2H])c([2H])c3c([2H])c([2H])c([2H])c([2H])c3c2[2H])c([2H])c(-c2c3c([2H])c([2H])c([2H])c([2H])c3c(-c3c([2H])c([2H])c([2H])c4oc5c6c([2H])c([2H])c([2H])c([2H])c6c([2H])c([2H])c5c34)c3c([2H])c([2H])c([2H])c([2H])c23)c1[2H].[2H]c1c([2H])c(-c2c3c([2H])c([2H])c([2H])c([2H])c3c(-c3c([2H])c([2H])c([2H])c4oc5c6c([2H])c([2H])c([2H])c([2H])c6c([2H])c([2H])c5c34)c3c([2H])c([2H])c([2H])c([2H])c23)c([2H])c(-c2c([2H])c3c([2H])c([2H])c([2H])c([2H])c3c3c([2H])c([2H])c([2H])c([2H])c23)c1[2H]. The predicted octanol–water partition coefficient (Wildman–Crippen LogP) is 40.8. The van der Waals surface area contributed by atoms with Crippen molar-refractivity contribution in [2.75, 3.05) is 0 Å². The van der Waals surface area contributed by atoms with E-state index in [0.29, 0.717) is 0 Å². The van der Waals surface area contributed by atoms with Crippen molar-refractivity contribution in [3.05, 3.63) is 520 Å². The summed E-state index contributed by atoms with van der Waals surface area (Å²) in [5.41, 5.74) is -18.2. The highest BCUT2D eigenvalue weighted by molar-refractivity contribution is 6.32. The van der Waals surface area contributed by atoms with E-state index in [4.69, 9.17) is 91.4 Å². The van der Waals surface area contributed by atoms with E-state index in [0.717, 1.165) is 0 Å². The van der Waals surface area contributed by atoms with Gasteiger partial charge >= 0.3 is 0 Å². The minimum Gasteiger partial charge on any atom is -0.455 e. The molecule has 0 radical (unpaired) electrons. The zero-order chi connectivity index (χ0) is 170. The molecule has 31 aromatic rings. The lowest BCUT2D eigenvalue weighted by atomic mass is 9.84. The molecular weight excluding hydrogens is 1750 g/mol. The van der Waals surface area contributed by atoms with Crippen LogP contribution in [-0.4, -0.2) is 0 Å². The van der Waals surface area contributed by atoms with Crippen molar-refractivity contribution in [1.29, 1.82) is 0 Å². The summed E-state index contributed by atoms with van der Waals surface area (Å²) in [5, 5.41) is -20.5. The lowest BCUT2D eigenvalue weighted by Crippen LogP contribution is -1.92. The number of hydrogen-bond acceptors (Lipinski definition) is 3. The summed E-state index contributed by atoms with van der Waals surface area (Å²) in [5.74, 6) is 0. The third kappa shape index (κ3) is 13.5. The molecule has 28 aromatic carbocycles. The average molecular weight is 1930 g/mol. The third-order valence-corrected chi connectivity index (χ3v) is 24.2. The lowest BCUT2D eigenvalue weighted by Gasteiger charge is -2.19. The molecule has 0 aliphatic rings. The van der Waals surface area contributed by atoms with E-state index < -0.39 is 826 Å². The zero-order valence-electron chi connectivity index (χ0n) is 158. The third-order valence-electron chi connectivity index (χ3n) is 24.2. The van der Waals surface area contributed by atoms with Crippen molar-refractivity contribution >= 4 is 206 Å². The molecule has 0 aliphatic heterocycles. The number of furan rings is 3. The van der Waals surface area contributed by atoms with E-state index in [2.05, 4.69) is 0 Å². The fourth-order valence-electron chi connectivity index (χ4n) is 18.2. The zero-order valence-corrected chi connectivity index (χ0v) is 72.2. The van der Waals surface area contributed by atoms with Crippen LogP contribution in [0.2, 0.25) is 0 Å². The first kappa shape index (κ1) is 34.1. The van der Waals surface area contributed by atoms with Gasteiger partial charge in [0.05, 0.1) is 118 Å². The molecule has 0 unspecified atom stereocenters. The van der Waals surface area contributed by atoms with Crippen LogP contribution < -0.4 is 0 Å². The van der Waals surface area contributed by atoms with Gasteiger partial charge in [-0.2, -0.15) is 0 Å². The molecule has 0 amide bonds. The van der Waals surface area contributed by atoms with Gasteiger partial charge < -0.3 is 13.3 Å². The van der Waals surface area contributed by atoms with Crippen LogP contribution in [0.15, 0.2) is 533 Å². The molecule has 145 heavy (non-hydrogen) atoms. The summed E-state index contributed by atoms with van der Waals surface area (Å²) >= 11 is 0. The first-order valence-electron chi connectivity index (χ1n) is 86.0. The average Bonchev–Trinajstić information content (AvgIpc) is 1.65. The fraction of sp³-hybridized carbons (Fsp3) is 0. The summed E-state index contributed by atoms with van der Waals surface area (Å²) in [7, 11) is 0. The molecule has 0 saturated heterocycles. The van der Waals surface area contributed by atoms with Gasteiger partial charge in [-0.15, -0.1) is 0 Å². The summed E-state index contributed by atoms with van der Waals surface area (Å²) in [4.78, 5) is 0. The minimum absolute atomic E-state index is 0.465. The number of hydrogen-bond donors (Lipinski definition) is 0. The predicted molar refractivity (Wildman–Crippen MR) is 618 cm³/mol. The minimum atomic E-state index is -1.15. The Morgan fingerprint density at radius 2 is 0.366 bits per heavy atom. The van der Waals surface area contributed by atoms with Gasteiger partial charge in [0, 0.05) is 48.5 Å². The van der Waals surface area contributed by atoms with Gasteiger partial charge in [0.25, 0.3) is 0 Å². The standard InChI is InChI=1S/C50H30O.2C46H28O/c1-4-18-36-31(13-1)27-28-44-49-43(25-12-26-46(49)51-50(36)44)48-41-23-9-7-21-39(41)47(40-22-8-10-24-42(40)48)34-16-11-15-32(29-34)45-30-33-14-2-3-17-35(33)37-19-5-6-20-38(37)45;1-3-17-33-29(12-1)14-10-23-34(33)31-15-9-16-32(28-31)43-36-19-5-7-21-38(36)44(39-22-8-6-20-37(39)43)40-24-11-25-42-45(40)41-27-26-30-13-2-4-18-35(30)46(41)47-42;1-2-13-31-27-33(24-23-29(31)11-1)32-14-9-15-34(28-32)43-36-17-5-7-19-38(36)44(39-20-8-6-18-37(39)43)40-21-10-22-42-45(40)41-26-25-30-12-3-4-16-35(30)46(41)47-42/h1-30H;2*1-28H/i1D,2D,3D,4D,5D,6D,7D,8D,9D,10D,11D,12D,13D,14D,15D,16D,17D,18D,19D,20D,21D,22D,23D,24D,25D,26D,27D,28D,29D,30D;2*1D,2D,3D,4D,5D,6D,7D,8D,9D,10D,11D,12D,13D,14D,15D,16D,17D,18D,19D,20D,21D,22D,23D,24D,25D,26D,27D,28D. The number of benzene rings is 28. The highest BCUT2D eigenvalue weighted by atomic mass is 16.3. The molecule has 3 heteroatoms. The van der Waals surface area contributed by atoms with E-state index in [9.17, 15) is 39.8 Å². The normalized spacial score (nSPS) is 20.2. The maximum absolute atomic E-state index is 10.1. The molecule has 3 heterocycles. The van der Waals surface area contributed by atoms with Crippen LogP contribution in [0.25, 0.3) is 306 Å². The molecule has 0 atom stereocenters. The van der Waals surface area contributed by atoms with Crippen molar-refractivity contribution in [3.8, 4) is 100 Å². The molecule has 0 saturated carbocycles. The van der Waals surface area contributed by atoms with Crippen molar-refractivity contribution < 1.29 is 131 Å². The van der Waals surface area contributed by atoms with E-state index in [-0.39, 0.29) is 0 Å². The largest absolute Gasteiger partial charge is 0.455 e. The highest BCUT2D eigenvalue weighted by Gasteiger charge is 2.28. The Morgan fingerprint density at radius 1 is 0.117 bits per heavy atom. The second kappa shape index (κ2) is 33.9. The molecule has 672 valence electrons. The summed E-state index contributed by atoms with van der Waals surface area (Å²) in [6.45, 7) is 0. The van der Waals surface area contributed by atoms with Crippen LogP contribution in [0.4, 0.5) is 0 Å². The van der Waals surface area contributed by atoms with Gasteiger partial charge in [-0.25, -0.2) is 0 Å². The summed E-state index contributed by atoms with van der Waals surface area (Å²) in [6, 6.07) is -81.1. The molecular formula is C142H86O3. The van der Waals surface area contributed by atoms with Crippen molar-refractivity contribution in [2.24, 2.45) is 0 Å². The molecule has 31 rings (SSSR count). The second-order valence-corrected chi connectivity index (χ2v) is 31.8. The Balaban J connectivity index is 0.000000145. The van der Waals surface area contributed by atoms with E-state index in [1.54, 1.807) is 0 Å². The van der Waals surface area contributed by atoms with Gasteiger partial charge in [-0.3, -0.25) is 0 Å². The monoisotopic (exact) mass is 1930 g/mol. The lowest BCUT2D eigenvalue weighted by molar-refractivity contribution is 0.672. The smallest absolute Gasteiger partial charge is 0.143 e. The van der Waals surface area contributed by atoms with Gasteiger partial charge in [0.15, 0.2) is 0 Å². The van der Waals surface area contributed by atoms with Crippen molar-refractivity contribution in [2.45, 2.75) is 0 Å². The number of rotatable bonds is 9. The van der Waals surface area contributed by atoms with Gasteiger partial charge in [-0.05, 0) is 290 Å². The Labute approximate surface area is 955 Å². The molecule has 0 bridgehead atoms. The Kier molecular flexibility index (Phi) is 7.98. The van der Waals surface area contributed by atoms with Crippen molar-refractivity contribution in [1.82, 2.24) is 0 Å². The molecule has 0 aliphatic carbocycles. The maximum Gasteiger partial charge on any atom is 0.143 e. The first-order valence-corrected chi connectivity index (χ1v) is 43.0. The van der Waals surface area contributed by atoms with E-state index in [1.165, 1.54) is 0 Å². The van der Waals surface area contributed by atoms with Crippen molar-refractivity contribution in [3.63, 3.8) is 0 Å². The Bertz CT molecular complexity index is 16300. The second-order valence-electron chi connectivity index (χ2n) is 31.8. The first-order chi connectivity index (χ1) is 108. The Hall–Kier alpha value is -19.1. The molecule has 3 aromatic heterocycles.